The molecule has 24 heteroatoms. The molecule has 0 radical (unpaired) electrons. The largest absolute Gasteiger partial charge is 0.695 e. The monoisotopic (exact) mass is 960 g/mol. The van der Waals surface area contributed by atoms with Crippen LogP contribution in [0.15, 0.2) is 109 Å². The summed E-state index contributed by atoms with van der Waals surface area (Å²) >= 11 is 5.79. The van der Waals surface area contributed by atoms with E-state index in [2.05, 4.69) is 29.8 Å². The molecule has 1 aliphatic heterocycles. The number of H-pyrrole nitrogens is 1. The number of imidazole rings is 2. The summed E-state index contributed by atoms with van der Waals surface area (Å²) in [6, 6.07) is 25.0. The Hall–Kier alpha value is -5.95. The van der Waals surface area contributed by atoms with Crippen molar-refractivity contribution in [3.63, 3.8) is 0 Å². The molecule has 7 aromatic rings. The number of nitrogens with zero attached hydrogens (tertiary/aromatic N) is 8. The predicted molar refractivity (Wildman–Crippen MR) is 238 cm³/mol. The van der Waals surface area contributed by atoms with Crippen LogP contribution < -0.4 is 15.0 Å². The van der Waals surface area contributed by atoms with Gasteiger partial charge in [-0.05, 0) is 52.8 Å². The standard InChI is InChI=1S/C42H40FN9O11P2S/c1-44-17-19-59-65(66,61-22-33-35(43)37(63-64(54)55)41(62-33)52-26-49-36-39(52)47-25-48-40(36)53)60-20-18-51-34(50-32-21-45-24-46-38(32)51)23-58-42(27-7-5-4-6-8-27,28-9-13-30(56-2)14-10-28)29-11-15-31(57-3)16-12-29/h4-16,21,24-26,33,35,37,41H,17-20,22-23H2,2-3H3,(H-,47,48,53,54,55)/p+1/t33-,35-,37-,41-,65?/m1/s1. The molecule has 1 aliphatic rings. The van der Waals surface area contributed by atoms with Gasteiger partial charge in [-0.2, -0.15) is 0 Å². The van der Waals surface area contributed by atoms with Gasteiger partial charge < -0.3 is 46.9 Å². The highest BCUT2D eigenvalue weighted by molar-refractivity contribution is 8.07. The molecule has 0 spiro atoms. The Bertz CT molecular complexity index is 2890. The molecule has 5 heterocycles. The minimum atomic E-state index is -3.77. The van der Waals surface area contributed by atoms with Gasteiger partial charge >= 0.3 is 15.0 Å². The van der Waals surface area contributed by atoms with E-state index in [1.807, 2.05) is 78.9 Å². The molecule has 8 rings (SSSR count). The Kier molecular flexibility index (Phi) is 14.6. The Balaban J connectivity index is 1.05. The maximum absolute atomic E-state index is 16.1. The third-order valence-corrected chi connectivity index (χ3v) is 13.4. The van der Waals surface area contributed by atoms with Crippen molar-refractivity contribution in [2.45, 2.75) is 43.4 Å². The predicted octanol–water partition coefficient (Wildman–Crippen LogP) is 5.95. The zero-order valence-electron chi connectivity index (χ0n) is 35.2. The third kappa shape index (κ3) is 9.77. The molecule has 2 unspecified atom stereocenters. The molecule has 0 bridgehead atoms. The van der Waals surface area contributed by atoms with E-state index in [0.717, 1.165) is 23.0 Å². The summed E-state index contributed by atoms with van der Waals surface area (Å²) in [5, 5.41) is 0. The number of aromatic nitrogens is 8. The molecule has 6 atom stereocenters. The van der Waals surface area contributed by atoms with E-state index >= 15 is 4.39 Å². The molecule has 4 aromatic heterocycles. The normalized spacial score (nSPS) is 18.6. The van der Waals surface area contributed by atoms with Gasteiger partial charge in [0.25, 0.3) is 5.56 Å². The minimum Gasteiger partial charge on any atom is -0.497 e. The molecule has 0 aliphatic carbocycles. The number of benzene rings is 3. The van der Waals surface area contributed by atoms with Crippen molar-refractivity contribution >= 4 is 49.1 Å². The molecule has 0 amide bonds. The molecule has 20 nitrogen and oxygen atoms in total. The quantitative estimate of drug-likeness (QED) is 0.0368. The van der Waals surface area contributed by atoms with Crippen LogP contribution in [0, 0.1) is 6.57 Å². The van der Waals surface area contributed by atoms with E-state index in [1.165, 1.54) is 17.2 Å². The van der Waals surface area contributed by atoms with Crippen LogP contribution in [0.5, 0.6) is 11.5 Å². The van der Waals surface area contributed by atoms with Crippen LogP contribution in [-0.2, 0) is 62.7 Å². The number of fused-ring (bicyclic) bond motifs is 2. The van der Waals surface area contributed by atoms with Gasteiger partial charge in [0.15, 0.2) is 35.3 Å². The van der Waals surface area contributed by atoms with Crippen LogP contribution in [-0.4, -0.2) is 103 Å². The van der Waals surface area contributed by atoms with Crippen LogP contribution >= 0.6 is 15.0 Å². The summed E-state index contributed by atoms with van der Waals surface area (Å²) in [7, 11) is -0.100. The zero-order valence-corrected chi connectivity index (χ0v) is 37.8. The fourth-order valence-electron chi connectivity index (χ4n) is 7.55. The van der Waals surface area contributed by atoms with Crippen molar-refractivity contribution in [3.05, 3.63) is 148 Å². The van der Waals surface area contributed by atoms with Crippen LogP contribution in [0.1, 0.15) is 28.7 Å². The Labute approximate surface area is 381 Å². The van der Waals surface area contributed by atoms with E-state index in [9.17, 15) is 14.3 Å². The first kappa shape index (κ1) is 46.6. The summed E-state index contributed by atoms with van der Waals surface area (Å²) in [4.78, 5) is 49.4. The van der Waals surface area contributed by atoms with Gasteiger partial charge in [-0.25, -0.2) is 35.9 Å². The molecular weight excluding hydrogens is 920 g/mol. The molecule has 0 saturated carbocycles. The molecular formula is C42H41FN9O11P2S+. The highest BCUT2D eigenvalue weighted by atomic mass is 32.5. The molecule has 66 heavy (non-hydrogen) atoms. The minimum absolute atomic E-state index is 0.0181. The first-order valence-electron chi connectivity index (χ1n) is 20.1. The lowest BCUT2D eigenvalue weighted by Gasteiger charge is -2.36. The Morgan fingerprint density at radius 2 is 1.64 bits per heavy atom. The topological polar surface area (TPSA) is 223 Å². The fourth-order valence-corrected chi connectivity index (χ4v) is 9.78. The molecule has 2 N–H and O–H groups in total. The van der Waals surface area contributed by atoms with Gasteiger partial charge in [0.1, 0.15) is 54.1 Å². The number of hydrogen-bond donors (Lipinski definition) is 2. The lowest BCUT2D eigenvalue weighted by molar-refractivity contribution is -0.0450. The first-order valence-corrected chi connectivity index (χ1v) is 23.8. The highest BCUT2D eigenvalue weighted by Crippen LogP contribution is 2.51. The van der Waals surface area contributed by atoms with Crippen LogP contribution in [0.2, 0.25) is 0 Å². The number of halogens is 1. The maximum atomic E-state index is 16.1. The fraction of sp³-hybridized carbons (Fsp3) is 0.310. The molecule has 342 valence electrons. The number of rotatable bonds is 21. The number of alkyl halides is 1. The lowest BCUT2D eigenvalue weighted by atomic mass is 9.80. The SMILES string of the molecule is [C-]#[N+]CCOP(=S)(OCCn1c(COC(c2ccccc2)(c2ccc(OC)cc2)c2ccc(OC)cc2)nc2cncnc21)OC[C@H]1O[C@@H](n2cnc3c(=O)[nH]cnc32)[C@H](O[P+](=O)O)[C@@H]1F. The van der Waals surface area contributed by atoms with Gasteiger partial charge in [0.05, 0.1) is 46.3 Å². The first-order chi connectivity index (χ1) is 32.1. The summed E-state index contributed by atoms with van der Waals surface area (Å²) < 4.78 is 78.1. The van der Waals surface area contributed by atoms with Crippen LogP contribution in [0.4, 0.5) is 4.39 Å². The number of hydrogen-bond acceptors (Lipinski definition) is 16. The summed E-state index contributed by atoms with van der Waals surface area (Å²) in [5.74, 6) is 1.79. The second-order valence-electron chi connectivity index (χ2n) is 14.4. The third-order valence-electron chi connectivity index (χ3n) is 10.6. The van der Waals surface area contributed by atoms with E-state index in [-0.39, 0.29) is 44.1 Å². The van der Waals surface area contributed by atoms with Crippen molar-refractivity contribution in [1.82, 2.24) is 39.0 Å². The van der Waals surface area contributed by atoms with Gasteiger partial charge in [-0.3, -0.25) is 9.36 Å². The summed E-state index contributed by atoms with van der Waals surface area (Å²) in [5.41, 5.74) is 1.60. The van der Waals surface area contributed by atoms with Crippen molar-refractivity contribution in [2.75, 3.05) is 40.6 Å². The van der Waals surface area contributed by atoms with E-state index in [0.29, 0.717) is 28.5 Å². The number of aromatic amines is 1. The van der Waals surface area contributed by atoms with Crippen LogP contribution in [0.3, 0.4) is 0 Å². The Morgan fingerprint density at radius 1 is 0.955 bits per heavy atom. The zero-order chi connectivity index (χ0) is 46.3. The summed E-state index contributed by atoms with van der Waals surface area (Å²) in [6.45, 7) is 2.61. The van der Waals surface area contributed by atoms with E-state index in [1.54, 1.807) is 25.0 Å². The van der Waals surface area contributed by atoms with Gasteiger partial charge in [0, 0.05) is 11.1 Å². The average molecular weight is 961 g/mol. The second kappa shape index (κ2) is 20.7. The molecule has 3 aromatic carbocycles. The van der Waals surface area contributed by atoms with Crippen molar-refractivity contribution < 1.29 is 50.9 Å². The summed E-state index contributed by atoms with van der Waals surface area (Å²) in [6.07, 6.45) is -1.26. The Morgan fingerprint density at radius 3 is 2.30 bits per heavy atom. The van der Waals surface area contributed by atoms with E-state index in [4.69, 9.17) is 60.4 Å². The van der Waals surface area contributed by atoms with Gasteiger partial charge in [-0.15, -0.1) is 9.42 Å². The van der Waals surface area contributed by atoms with Crippen LogP contribution in [0.25, 0.3) is 27.2 Å². The highest BCUT2D eigenvalue weighted by Gasteiger charge is 2.52. The number of methoxy groups -OCH3 is 2. The molecule has 1 saturated heterocycles. The van der Waals surface area contributed by atoms with Crippen molar-refractivity contribution in [2.24, 2.45) is 0 Å². The number of nitrogens with one attached hydrogen (secondary N) is 1. The smallest absolute Gasteiger partial charge is 0.497 e. The van der Waals surface area contributed by atoms with Crippen molar-refractivity contribution in [3.8, 4) is 11.5 Å². The van der Waals surface area contributed by atoms with Crippen molar-refractivity contribution in [1.29, 1.82) is 0 Å². The second-order valence-corrected chi connectivity index (χ2v) is 18.1. The van der Waals surface area contributed by atoms with Gasteiger partial charge in [0.2, 0.25) is 6.54 Å². The van der Waals surface area contributed by atoms with E-state index < -0.39 is 57.3 Å². The number of ether oxygens (including phenoxy) is 4. The maximum Gasteiger partial charge on any atom is 0.695 e. The van der Waals surface area contributed by atoms with Gasteiger partial charge in [-0.1, -0.05) is 54.6 Å². The lowest BCUT2D eigenvalue weighted by Crippen LogP contribution is -2.33. The molecule has 1 fully saturated rings. The average Bonchev–Trinajstić information content (AvgIpc) is 4.02.